The molecule has 0 bridgehead atoms. The molecule has 21 heavy (non-hydrogen) atoms. The fraction of sp³-hybridized carbons (Fsp3) is 0. The molecule has 2 heterocycles. The van der Waals surface area contributed by atoms with Crippen LogP contribution in [0, 0.1) is 0 Å². The fourth-order valence-corrected chi connectivity index (χ4v) is 1.89. The number of pyridine rings is 1. The Balaban J connectivity index is 1.76. The van der Waals surface area contributed by atoms with Gasteiger partial charge in [0.05, 0.1) is 11.9 Å². The maximum absolute atomic E-state index is 4.26. The third kappa shape index (κ3) is 3.73. The quantitative estimate of drug-likeness (QED) is 0.786. The Morgan fingerprint density at radius 2 is 1.86 bits per heavy atom. The summed E-state index contributed by atoms with van der Waals surface area (Å²) in [6.07, 6.45) is 10.8. The molecule has 0 aliphatic heterocycles. The summed E-state index contributed by atoms with van der Waals surface area (Å²) < 4.78 is 0. The van der Waals surface area contributed by atoms with Crippen LogP contribution in [0.5, 0.6) is 0 Å². The Labute approximate surface area is 123 Å². The third-order valence-corrected chi connectivity index (χ3v) is 2.86. The van der Waals surface area contributed by atoms with Crippen LogP contribution in [0.25, 0.3) is 12.2 Å². The van der Waals surface area contributed by atoms with Crippen LogP contribution >= 0.6 is 0 Å². The minimum absolute atomic E-state index is 0.725. The van der Waals surface area contributed by atoms with E-state index in [1.54, 1.807) is 24.8 Å². The van der Waals surface area contributed by atoms with Gasteiger partial charge in [0.25, 0.3) is 0 Å². The van der Waals surface area contributed by atoms with Gasteiger partial charge in [0, 0.05) is 24.3 Å². The number of nitrogens with one attached hydrogen (secondary N) is 1. The Morgan fingerprint density at radius 3 is 2.67 bits per heavy atom. The van der Waals surface area contributed by atoms with Crippen molar-refractivity contribution >= 4 is 23.7 Å². The largest absolute Gasteiger partial charge is 0.339 e. The van der Waals surface area contributed by atoms with Crippen molar-refractivity contribution in [3.63, 3.8) is 0 Å². The van der Waals surface area contributed by atoms with Gasteiger partial charge >= 0.3 is 0 Å². The van der Waals surface area contributed by atoms with Crippen LogP contribution in [0.1, 0.15) is 11.3 Å². The van der Waals surface area contributed by atoms with Gasteiger partial charge in [-0.25, -0.2) is 4.98 Å². The summed E-state index contributed by atoms with van der Waals surface area (Å²) in [5.74, 6) is 0.725. The highest BCUT2D eigenvalue weighted by Gasteiger charge is 1.96. The zero-order chi connectivity index (χ0) is 14.3. The average Bonchev–Trinajstić information content (AvgIpc) is 2.55. The number of nitrogens with zero attached hydrogens (tertiary/aromatic N) is 3. The molecule has 3 rings (SSSR count). The van der Waals surface area contributed by atoms with E-state index in [0.29, 0.717) is 0 Å². The Kier molecular flexibility index (Phi) is 3.98. The van der Waals surface area contributed by atoms with E-state index < -0.39 is 0 Å². The Bertz CT molecular complexity index is 724. The molecule has 0 saturated heterocycles. The van der Waals surface area contributed by atoms with Gasteiger partial charge in [-0.05, 0) is 35.9 Å². The van der Waals surface area contributed by atoms with Crippen molar-refractivity contribution in [1.29, 1.82) is 0 Å². The predicted octanol–water partition coefficient (Wildman–Crippen LogP) is 3.79. The van der Waals surface area contributed by atoms with Crippen molar-refractivity contribution in [2.75, 3.05) is 5.32 Å². The number of rotatable bonds is 4. The van der Waals surface area contributed by atoms with E-state index >= 15 is 0 Å². The van der Waals surface area contributed by atoms with Crippen molar-refractivity contribution in [3.05, 3.63) is 78.5 Å². The number of hydrogen-bond donors (Lipinski definition) is 1. The first-order valence-corrected chi connectivity index (χ1v) is 6.62. The first-order valence-electron chi connectivity index (χ1n) is 6.62. The maximum Gasteiger partial charge on any atom is 0.148 e. The molecule has 3 aromatic rings. The molecule has 0 unspecified atom stereocenters. The molecule has 0 amide bonds. The highest BCUT2D eigenvalue weighted by Crippen LogP contribution is 2.16. The van der Waals surface area contributed by atoms with Gasteiger partial charge in [0.1, 0.15) is 5.82 Å². The topological polar surface area (TPSA) is 50.7 Å². The maximum atomic E-state index is 4.26. The average molecular weight is 274 g/mol. The molecular weight excluding hydrogens is 260 g/mol. The van der Waals surface area contributed by atoms with E-state index in [0.717, 1.165) is 22.8 Å². The standard InChI is InChI=1S/C17H14N4/c1-2-9-19-15(5-1)8-7-14-4-3-6-16(12-14)21-17-13-18-10-11-20-17/h1-13H,(H,20,21)/b8-7+. The van der Waals surface area contributed by atoms with E-state index in [4.69, 9.17) is 0 Å². The van der Waals surface area contributed by atoms with Crippen molar-refractivity contribution in [1.82, 2.24) is 15.0 Å². The van der Waals surface area contributed by atoms with Gasteiger partial charge in [-0.2, -0.15) is 0 Å². The molecule has 0 aliphatic rings. The minimum Gasteiger partial charge on any atom is -0.339 e. The summed E-state index contributed by atoms with van der Waals surface area (Å²) >= 11 is 0. The lowest BCUT2D eigenvalue weighted by Crippen LogP contribution is -1.93. The molecule has 1 N–H and O–H groups in total. The number of hydrogen-bond acceptors (Lipinski definition) is 4. The Morgan fingerprint density at radius 1 is 0.857 bits per heavy atom. The monoisotopic (exact) mass is 274 g/mol. The molecule has 0 aliphatic carbocycles. The highest BCUT2D eigenvalue weighted by molar-refractivity contribution is 5.70. The van der Waals surface area contributed by atoms with Crippen LogP contribution in [0.15, 0.2) is 67.3 Å². The second-order valence-corrected chi connectivity index (χ2v) is 4.43. The Hall–Kier alpha value is -3.01. The molecule has 0 atom stereocenters. The first kappa shape index (κ1) is 13.0. The number of benzene rings is 1. The van der Waals surface area contributed by atoms with Gasteiger partial charge in [-0.3, -0.25) is 9.97 Å². The lowest BCUT2D eigenvalue weighted by Gasteiger charge is -2.05. The summed E-state index contributed by atoms with van der Waals surface area (Å²) in [6, 6.07) is 13.9. The van der Waals surface area contributed by atoms with Crippen LogP contribution in [0.2, 0.25) is 0 Å². The zero-order valence-corrected chi connectivity index (χ0v) is 11.3. The van der Waals surface area contributed by atoms with Crippen molar-refractivity contribution in [2.24, 2.45) is 0 Å². The molecule has 0 saturated carbocycles. The van der Waals surface area contributed by atoms with Gasteiger partial charge in [0.15, 0.2) is 0 Å². The summed E-state index contributed by atoms with van der Waals surface area (Å²) in [5, 5.41) is 3.22. The number of aromatic nitrogens is 3. The highest BCUT2D eigenvalue weighted by atomic mass is 15.0. The van der Waals surface area contributed by atoms with Gasteiger partial charge < -0.3 is 5.32 Å². The van der Waals surface area contributed by atoms with Crippen LogP contribution in [-0.4, -0.2) is 15.0 Å². The predicted molar refractivity (Wildman–Crippen MR) is 84.9 cm³/mol. The molecule has 2 aromatic heterocycles. The number of anilines is 2. The first-order chi connectivity index (χ1) is 10.4. The smallest absolute Gasteiger partial charge is 0.148 e. The molecular formula is C17H14N4. The SMILES string of the molecule is C(=C\c1ccccn1)/c1cccc(Nc2cnccn2)c1. The van der Waals surface area contributed by atoms with Crippen molar-refractivity contribution in [2.45, 2.75) is 0 Å². The van der Waals surface area contributed by atoms with Gasteiger partial charge in [-0.1, -0.05) is 24.3 Å². The van der Waals surface area contributed by atoms with Gasteiger partial charge in [0.2, 0.25) is 0 Å². The summed E-state index contributed by atoms with van der Waals surface area (Å²) in [7, 11) is 0. The molecule has 102 valence electrons. The van der Waals surface area contributed by atoms with E-state index in [1.807, 2.05) is 54.6 Å². The van der Waals surface area contributed by atoms with Crippen LogP contribution in [-0.2, 0) is 0 Å². The second-order valence-electron chi connectivity index (χ2n) is 4.43. The lowest BCUT2D eigenvalue weighted by atomic mass is 10.1. The van der Waals surface area contributed by atoms with Crippen LogP contribution in [0.4, 0.5) is 11.5 Å². The lowest BCUT2D eigenvalue weighted by molar-refractivity contribution is 1.20. The van der Waals surface area contributed by atoms with Crippen molar-refractivity contribution < 1.29 is 0 Å². The molecule has 4 nitrogen and oxygen atoms in total. The molecule has 4 heteroatoms. The molecule has 0 fully saturated rings. The normalized spacial score (nSPS) is 10.7. The minimum atomic E-state index is 0.725. The van der Waals surface area contributed by atoms with E-state index in [2.05, 4.69) is 20.3 Å². The molecule has 1 aromatic carbocycles. The second kappa shape index (κ2) is 6.43. The summed E-state index contributed by atoms with van der Waals surface area (Å²) in [4.78, 5) is 12.5. The zero-order valence-electron chi connectivity index (χ0n) is 11.3. The molecule has 0 radical (unpaired) electrons. The third-order valence-electron chi connectivity index (χ3n) is 2.86. The van der Waals surface area contributed by atoms with Crippen molar-refractivity contribution in [3.8, 4) is 0 Å². The summed E-state index contributed by atoms with van der Waals surface area (Å²) in [6.45, 7) is 0. The fourth-order valence-electron chi connectivity index (χ4n) is 1.89. The van der Waals surface area contributed by atoms with Crippen LogP contribution < -0.4 is 5.32 Å². The van der Waals surface area contributed by atoms with Crippen LogP contribution in [0.3, 0.4) is 0 Å². The van der Waals surface area contributed by atoms with Gasteiger partial charge in [-0.15, -0.1) is 0 Å². The molecule has 0 spiro atoms. The van der Waals surface area contributed by atoms with E-state index in [9.17, 15) is 0 Å². The summed E-state index contributed by atoms with van der Waals surface area (Å²) in [5.41, 5.74) is 3.00. The van der Waals surface area contributed by atoms with E-state index in [1.165, 1.54) is 0 Å². The van der Waals surface area contributed by atoms with E-state index in [-0.39, 0.29) is 0 Å².